The summed E-state index contributed by atoms with van der Waals surface area (Å²) in [4.78, 5) is 39.5. The van der Waals surface area contributed by atoms with Gasteiger partial charge in [0.1, 0.15) is 6.04 Å². The minimum absolute atomic E-state index is 0.0695. The number of benzene rings is 3. The molecule has 48 heavy (non-hydrogen) atoms. The average molecular weight is 679 g/mol. The van der Waals surface area contributed by atoms with Crippen molar-refractivity contribution in [3.8, 4) is 0 Å². The summed E-state index contributed by atoms with van der Waals surface area (Å²) in [5, 5.41) is 20.0. The second-order valence-electron chi connectivity index (χ2n) is 13.1. The van der Waals surface area contributed by atoms with Crippen LogP contribution in [0.4, 0.5) is 5.69 Å². The van der Waals surface area contributed by atoms with Gasteiger partial charge in [-0.2, -0.15) is 0 Å². The van der Waals surface area contributed by atoms with E-state index in [4.69, 9.17) is 0 Å². The molecular weight excluding hydrogens is 628 g/mol. The molecule has 0 fully saturated rings. The Bertz CT molecular complexity index is 1600. The minimum atomic E-state index is -3.72. The van der Waals surface area contributed by atoms with Crippen molar-refractivity contribution in [1.82, 2.24) is 16.0 Å². The molecule has 0 spiro atoms. The fraction of sp³-hybridized carbons (Fsp3) is 0.432. The topological polar surface area (TPSA) is 145 Å². The lowest BCUT2D eigenvalue weighted by molar-refractivity contribution is -0.132. The number of hydrogen-bond acceptors (Lipinski definition) is 6. The predicted octanol–water partition coefficient (Wildman–Crippen LogP) is 4.64. The standard InChI is InChI=1S/C37H50N4O6S/c1-25(2)20-33(34(42)22-32(26(3)4)37(45)39-27(5)35(43)38-23-28-14-9-7-10-15-28)40-36(44)30-18-13-19-31(21-30)41(6)48(46,47)24-29-16-11-8-12-17-29/h7-19,21,25-27,32-34,42H,20,22-24H2,1-6H3,(H,38,43)(H,39,45)(H,40,44)/t27-,32?,33?,34?/m0/s1. The van der Waals surface area contributed by atoms with Crippen molar-refractivity contribution in [3.63, 3.8) is 0 Å². The number of anilines is 1. The first kappa shape index (κ1) is 38.2. The SMILES string of the molecule is CC(C)CC(NC(=O)c1cccc(N(C)S(=O)(=O)Cc2ccccc2)c1)C(O)CC(C(=O)N[C@@H](C)C(=O)NCc1ccccc1)C(C)C. The van der Waals surface area contributed by atoms with Crippen LogP contribution in [0.5, 0.6) is 0 Å². The molecule has 3 amide bonds. The summed E-state index contributed by atoms with van der Waals surface area (Å²) < 4.78 is 27.4. The Morgan fingerprint density at radius 3 is 1.96 bits per heavy atom. The molecule has 0 aliphatic rings. The maximum Gasteiger partial charge on any atom is 0.251 e. The Hall–Kier alpha value is -4.22. The molecule has 11 heteroatoms. The molecule has 4 atom stereocenters. The number of aliphatic hydroxyl groups is 1. The van der Waals surface area contributed by atoms with Gasteiger partial charge in [-0.1, -0.05) is 94.4 Å². The Morgan fingerprint density at radius 1 is 0.771 bits per heavy atom. The zero-order valence-corrected chi connectivity index (χ0v) is 29.5. The van der Waals surface area contributed by atoms with Crippen LogP contribution >= 0.6 is 0 Å². The number of aliphatic hydroxyl groups excluding tert-OH is 1. The van der Waals surface area contributed by atoms with E-state index < -0.39 is 40.0 Å². The number of nitrogens with one attached hydrogen (secondary N) is 3. The molecular formula is C37H50N4O6S. The molecule has 0 saturated heterocycles. The number of sulfonamides is 1. The highest BCUT2D eigenvalue weighted by Crippen LogP contribution is 2.24. The number of amides is 3. The lowest BCUT2D eigenvalue weighted by Crippen LogP contribution is -2.49. The van der Waals surface area contributed by atoms with Gasteiger partial charge in [-0.05, 0) is 60.9 Å². The third-order valence-electron chi connectivity index (χ3n) is 8.29. The van der Waals surface area contributed by atoms with E-state index in [-0.39, 0.29) is 41.4 Å². The smallest absolute Gasteiger partial charge is 0.251 e. The normalized spacial score (nSPS) is 14.1. The summed E-state index contributed by atoms with van der Waals surface area (Å²) in [5.74, 6) is -1.99. The van der Waals surface area contributed by atoms with E-state index in [1.165, 1.54) is 13.1 Å². The van der Waals surface area contributed by atoms with Crippen LogP contribution in [0.3, 0.4) is 0 Å². The maximum atomic E-state index is 13.5. The number of nitrogens with zero attached hydrogens (tertiary/aromatic N) is 1. The van der Waals surface area contributed by atoms with Crippen molar-refractivity contribution >= 4 is 33.4 Å². The van der Waals surface area contributed by atoms with Gasteiger partial charge in [0.2, 0.25) is 21.8 Å². The first-order chi connectivity index (χ1) is 22.7. The first-order valence-electron chi connectivity index (χ1n) is 16.4. The number of carbonyl (C=O) groups is 3. The minimum Gasteiger partial charge on any atom is -0.391 e. The number of carbonyl (C=O) groups excluding carboxylic acids is 3. The van der Waals surface area contributed by atoms with Crippen molar-refractivity contribution in [2.24, 2.45) is 17.8 Å². The van der Waals surface area contributed by atoms with Crippen LogP contribution in [0.15, 0.2) is 84.9 Å². The second kappa shape index (κ2) is 17.8. The molecule has 10 nitrogen and oxygen atoms in total. The molecule has 0 aliphatic carbocycles. The van der Waals surface area contributed by atoms with Crippen LogP contribution in [0.1, 0.15) is 68.9 Å². The average Bonchev–Trinajstić information content (AvgIpc) is 3.05. The van der Waals surface area contributed by atoms with Gasteiger partial charge in [0.15, 0.2) is 0 Å². The van der Waals surface area contributed by atoms with Crippen molar-refractivity contribution in [3.05, 3.63) is 102 Å². The van der Waals surface area contributed by atoms with E-state index in [1.807, 2.05) is 64.1 Å². The number of hydrogen-bond donors (Lipinski definition) is 4. The fourth-order valence-electron chi connectivity index (χ4n) is 5.39. The molecule has 4 N–H and O–H groups in total. The maximum absolute atomic E-state index is 13.5. The molecule has 0 bridgehead atoms. The van der Waals surface area contributed by atoms with E-state index in [0.717, 1.165) is 9.87 Å². The van der Waals surface area contributed by atoms with E-state index in [2.05, 4.69) is 16.0 Å². The molecule has 0 heterocycles. The summed E-state index contributed by atoms with van der Waals surface area (Å²) in [5.41, 5.74) is 2.16. The molecule has 0 radical (unpaired) electrons. The van der Waals surface area contributed by atoms with Crippen molar-refractivity contribution in [1.29, 1.82) is 0 Å². The van der Waals surface area contributed by atoms with Crippen LogP contribution in [0.2, 0.25) is 0 Å². The Balaban J connectivity index is 1.67. The zero-order chi connectivity index (χ0) is 35.4. The lowest BCUT2D eigenvalue weighted by Gasteiger charge is -2.30. The third-order valence-corrected chi connectivity index (χ3v) is 10.0. The molecule has 260 valence electrons. The van der Waals surface area contributed by atoms with Crippen LogP contribution in [-0.4, -0.2) is 56.5 Å². The summed E-state index contributed by atoms with van der Waals surface area (Å²) >= 11 is 0. The first-order valence-corrected chi connectivity index (χ1v) is 18.0. The van der Waals surface area contributed by atoms with E-state index in [9.17, 15) is 27.9 Å². The van der Waals surface area contributed by atoms with Gasteiger partial charge in [-0.15, -0.1) is 0 Å². The second-order valence-corrected chi connectivity index (χ2v) is 15.1. The molecule has 3 aromatic carbocycles. The lowest BCUT2D eigenvalue weighted by atomic mass is 9.85. The summed E-state index contributed by atoms with van der Waals surface area (Å²) in [6.07, 6.45) is -0.545. The fourth-order valence-corrected chi connectivity index (χ4v) is 6.63. The third kappa shape index (κ3) is 11.5. The number of rotatable bonds is 17. The van der Waals surface area contributed by atoms with E-state index in [1.54, 1.807) is 49.4 Å². The van der Waals surface area contributed by atoms with Gasteiger partial charge < -0.3 is 21.1 Å². The van der Waals surface area contributed by atoms with Crippen LogP contribution in [0, 0.1) is 17.8 Å². The molecule has 0 aliphatic heterocycles. The van der Waals surface area contributed by atoms with Crippen molar-refractivity contribution in [2.75, 3.05) is 11.4 Å². The molecule has 3 unspecified atom stereocenters. The van der Waals surface area contributed by atoms with Crippen LogP contribution in [0.25, 0.3) is 0 Å². The Kier molecular flexibility index (Phi) is 14.2. The van der Waals surface area contributed by atoms with Gasteiger partial charge >= 0.3 is 0 Å². The summed E-state index contributed by atoms with van der Waals surface area (Å²) in [6.45, 7) is 9.66. The van der Waals surface area contributed by atoms with Crippen LogP contribution < -0.4 is 20.3 Å². The Morgan fingerprint density at radius 2 is 1.38 bits per heavy atom. The van der Waals surface area contributed by atoms with Gasteiger partial charge in [-0.25, -0.2) is 8.42 Å². The monoisotopic (exact) mass is 678 g/mol. The quantitative estimate of drug-likeness (QED) is 0.164. The van der Waals surface area contributed by atoms with Gasteiger partial charge in [0.05, 0.1) is 23.6 Å². The molecule has 3 rings (SSSR count). The highest BCUT2D eigenvalue weighted by molar-refractivity contribution is 7.92. The Labute approximate surface area is 285 Å². The van der Waals surface area contributed by atoms with Gasteiger partial charge in [-0.3, -0.25) is 18.7 Å². The molecule has 0 saturated carbocycles. The predicted molar refractivity (Wildman–Crippen MR) is 189 cm³/mol. The van der Waals surface area contributed by atoms with Crippen molar-refractivity contribution in [2.45, 2.75) is 77.9 Å². The molecule has 0 aromatic heterocycles. The van der Waals surface area contributed by atoms with Crippen LogP contribution in [-0.2, 0) is 31.9 Å². The van der Waals surface area contributed by atoms with Gasteiger partial charge in [0.25, 0.3) is 5.91 Å². The highest BCUT2D eigenvalue weighted by atomic mass is 32.2. The van der Waals surface area contributed by atoms with Crippen molar-refractivity contribution < 1.29 is 27.9 Å². The zero-order valence-electron chi connectivity index (χ0n) is 28.7. The molecule has 3 aromatic rings. The highest BCUT2D eigenvalue weighted by Gasteiger charge is 2.32. The van der Waals surface area contributed by atoms with E-state index in [0.29, 0.717) is 24.2 Å². The summed E-state index contributed by atoms with van der Waals surface area (Å²) in [7, 11) is -2.27. The van der Waals surface area contributed by atoms with Gasteiger partial charge in [0, 0.05) is 25.1 Å². The largest absolute Gasteiger partial charge is 0.391 e. The van der Waals surface area contributed by atoms with E-state index >= 15 is 0 Å². The summed E-state index contributed by atoms with van der Waals surface area (Å²) in [6, 6.07) is 23.2.